The Hall–Kier alpha value is -2.84. The average Bonchev–Trinajstić information content (AvgIpc) is 2.73. The standard InChI is InChI=1S/C22H25N3O4S/c1-22(2,27)15-29-18-5-4-17(14-19(18)28-3)25-12-11-24-20(21(25)26)30-13-8-16-6-9-23-10-7-16/h4-7,9-12,14,27H,8,13,15H2,1-3H3. The number of aromatic nitrogens is 3. The molecule has 0 saturated carbocycles. The highest BCUT2D eigenvalue weighted by Crippen LogP contribution is 2.30. The first-order valence-electron chi connectivity index (χ1n) is 9.50. The number of benzene rings is 1. The molecule has 0 unspecified atom stereocenters. The van der Waals surface area contributed by atoms with Crippen molar-refractivity contribution >= 4 is 11.8 Å². The normalized spacial score (nSPS) is 11.3. The molecule has 0 amide bonds. The van der Waals surface area contributed by atoms with Crippen LogP contribution in [0.1, 0.15) is 19.4 Å². The number of hydrogen-bond donors (Lipinski definition) is 1. The zero-order chi connectivity index (χ0) is 21.6. The Balaban J connectivity index is 1.77. The molecule has 158 valence electrons. The zero-order valence-corrected chi connectivity index (χ0v) is 18.1. The summed E-state index contributed by atoms with van der Waals surface area (Å²) in [5.41, 5.74) is 0.657. The van der Waals surface area contributed by atoms with Crippen molar-refractivity contribution in [2.24, 2.45) is 0 Å². The minimum Gasteiger partial charge on any atom is -0.493 e. The van der Waals surface area contributed by atoms with Gasteiger partial charge in [0.25, 0.3) is 5.56 Å². The van der Waals surface area contributed by atoms with Gasteiger partial charge in [-0.05, 0) is 50.1 Å². The van der Waals surface area contributed by atoms with Gasteiger partial charge in [-0.3, -0.25) is 14.3 Å². The molecule has 0 aliphatic carbocycles. The Morgan fingerprint density at radius 3 is 2.60 bits per heavy atom. The van der Waals surface area contributed by atoms with Crippen molar-refractivity contribution in [3.63, 3.8) is 0 Å². The van der Waals surface area contributed by atoms with E-state index in [9.17, 15) is 9.90 Å². The van der Waals surface area contributed by atoms with Crippen LogP contribution in [-0.2, 0) is 6.42 Å². The summed E-state index contributed by atoms with van der Waals surface area (Å²) >= 11 is 1.43. The molecule has 1 N–H and O–H groups in total. The predicted octanol–water partition coefficient (Wildman–Crippen LogP) is 3.12. The number of aliphatic hydroxyl groups is 1. The second-order valence-corrected chi connectivity index (χ2v) is 8.38. The van der Waals surface area contributed by atoms with E-state index < -0.39 is 5.60 Å². The fraction of sp³-hybridized carbons (Fsp3) is 0.318. The average molecular weight is 428 g/mol. The maximum absolute atomic E-state index is 12.9. The van der Waals surface area contributed by atoms with Crippen molar-refractivity contribution in [1.29, 1.82) is 0 Å². The van der Waals surface area contributed by atoms with Gasteiger partial charge in [-0.1, -0.05) is 0 Å². The lowest BCUT2D eigenvalue weighted by atomic mass is 10.2. The van der Waals surface area contributed by atoms with E-state index >= 15 is 0 Å². The number of aryl methyl sites for hydroxylation is 1. The summed E-state index contributed by atoms with van der Waals surface area (Å²) in [5, 5.41) is 10.3. The van der Waals surface area contributed by atoms with E-state index in [-0.39, 0.29) is 12.2 Å². The molecule has 3 aromatic rings. The first-order chi connectivity index (χ1) is 14.4. The molecule has 0 aliphatic heterocycles. The van der Waals surface area contributed by atoms with Gasteiger partial charge in [0.2, 0.25) is 0 Å². The number of rotatable bonds is 9. The fourth-order valence-electron chi connectivity index (χ4n) is 2.69. The number of pyridine rings is 1. The molecule has 0 bridgehead atoms. The van der Waals surface area contributed by atoms with Gasteiger partial charge in [0.05, 0.1) is 18.4 Å². The van der Waals surface area contributed by atoms with Gasteiger partial charge in [0.1, 0.15) is 6.61 Å². The minimum absolute atomic E-state index is 0.121. The van der Waals surface area contributed by atoms with Gasteiger partial charge < -0.3 is 14.6 Å². The van der Waals surface area contributed by atoms with Crippen molar-refractivity contribution < 1.29 is 14.6 Å². The maximum atomic E-state index is 12.9. The Morgan fingerprint density at radius 2 is 1.90 bits per heavy atom. The van der Waals surface area contributed by atoms with Gasteiger partial charge in [0.15, 0.2) is 16.5 Å². The van der Waals surface area contributed by atoms with Gasteiger partial charge in [-0.2, -0.15) is 0 Å². The van der Waals surface area contributed by atoms with Crippen LogP contribution >= 0.6 is 11.8 Å². The number of methoxy groups -OCH3 is 1. The maximum Gasteiger partial charge on any atom is 0.287 e. The number of ether oxygens (including phenoxy) is 2. The fourth-order valence-corrected chi connectivity index (χ4v) is 3.58. The van der Waals surface area contributed by atoms with Crippen molar-refractivity contribution in [3.8, 4) is 17.2 Å². The third kappa shape index (κ3) is 5.84. The van der Waals surface area contributed by atoms with Crippen LogP contribution in [0.15, 0.2) is 64.9 Å². The van der Waals surface area contributed by atoms with Crippen LogP contribution in [0.25, 0.3) is 5.69 Å². The van der Waals surface area contributed by atoms with Crippen LogP contribution in [0.2, 0.25) is 0 Å². The molecule has 0 aliphatic rings. The Bertz CT molecular complexity index is 1030. The molecule has 0 radical (unpaired) electrons. The molecule has 8 heteroatoms. The summed E-state index contributed by atoms with van der Waals surface area (Å²) < 4.78 is 12.6. The van der Waals surface area contributed by atoms with Crippen LogP contribution in [0, 0.1) is 0 Å². The molecule has 2 heterocycles. The lowest BCUT2D eigenvalue weighted by molar-refractivity contribution is 0.0276. The molecule has 1 aromatic carbocycles. The molecule has 0 fully saturated rings. The molecule has 0 spiro atoms. The van der Waals surface area contributed by atoms with E-state index in [1.807, 2.05) is 12.1 Å². The summed E-state index contributed by atoms with van der Waals surface area (Å²) in [4.78, 5) is 21.2. The van der Waals surface area contributed by atoms with Crippen molar-refractivity contribution in [1.82, 2.24) is 14.5 Å². The number of hydrogen-bond acceptors (Lipinski definition) is 7. The van der Waals surface area contributed by atoms with E-state index in [0.717, 1.165) is 12.2 Å². The number of thioether (sulfide) groups is 1. The summed E-state index contributed by atoms with van der Waals surface area (Å²) in [6.45, 7) is 3.45. The van der Waals surface area contributed by atoms with Crippen LogP contribution in [0.4, 0.5) is 0 Å². The van der Waals surface area contributed by atoms with Crippen LogP contribution in [0.5, 0.6) is 11.5 Å². The second kappa shape index (κ2) is 9.77. The molecule has 30 heavy (non-hydrogen) atoms. The Kier molecular flexibility index (Phi) is 7.12. The Labute approximate surface area is 179 Å². The molecule has 7 nitrogen and oxygen atoms in total. The van der Waals surface area contributed by atoms with E-state index in [1.54, 1.807) is 56.8 Å². The minimum atomic E-state index is -0.964. The highest BCUT2D eigenvalue weighted by atomic mass is 32.2. The smallest absolute Gasteiger partial charge is 0.287 e. The van der Waals surface area contributed by atoms with Gasteiger partial charge in [0, 0.05) is 36.6 Å². The molecular weight excluding hydrogens is 402 g/mol. The van der Waals surface area contributed by atoms with E-state index in [1.165, 1.54) is 29.0 Å². The largest absolute Gasteiger partial charge is 0.493 e. The van der Waals surface area contributed by atoms with Gasteiger partial charge in [-0.25, -0.2) is 4.98 Å². The van der Waals surface area contributed by atoms with Crippen molar-refractivity contribution in [2.75, 3.05) is 19.5 Å². The molecule has 3 rings (SSSR count). The topological polar surface area (TPSA) is 86.5 Å². The van der Waals surface area contributed by atoms with Crippen molar-refractivity contribution in [3.05, 3.63) is 71.0 Å². The van der Waals surface area contributed by atoms with Crippen molar-refractivity contribution in [2.45, 2.75) is 30.9 Å². The molecule has 0 atom stereocenters. The summed E-state index contributed by atoms with van der Waals surface area (Å²) in [7, 11) is 1.53. The Morgan fingerprint density at radius 1 is 1.13 bits per heavy atom. The third-order valence-corrected chi connectivity index (χ3v) is 5.16. The van der Waals surface area contributed by atoms with Crippen LogP contribution in [0.3, 0.4) is 0 Å². The lowest BCUT2D eigenvalue weighted by Gasteiger charge is -2.19. The van der Waals surface area contributed by atoms with Gasteiger partial charge in [-0.15, -0.1) is 11.8 Å². The van der Waals surface area contributed by atoms with E-state index in [2.05, 4.69) is 9.97 Å². The number of nitrogens with zero attached hydrogens (tertiary/aromatic N) is 3. The highest BCUT2D eigenvalue weighted by molar-refractivity contribution is 7.99. The first kappa shape index (κ1) is 21.9. The summed E-state index contributed by atoms with van der Waals surface area (Å²) in [5.74, 6) is 1.72. The quantitative estimate of drug-likeness (QED) is 0.525. The van der Waals surface area contributed by atoms with Crippen LogP contribution in [-0.4, -0.2) is 44.7 Å². The second-order valence-electron chi connectivity index (χ2n) is 7.30. The monoisotopic (exact) mass is 427 g/mol. The SMILES string of the molecule is COc1cc(-n2ccnc(SCCc3ccncc3)c2=O)ccc1OCC(C)(C)O. The summed E-state index contributed by atoms with van der Waals surface area (Å²) in [6, 6.07) is 9.15. The molecule has 0 saturated heterocycles. The molecular formula is C22H25N3O4S. The van der Waals surface area contributed by atoms with Crippen LogP contribution < -0.4 is 15.0 Å². The van der Waals surface area contributed by atoms with Gasteiger partial charge >= 0.3 is 0 Å². The van der Waals surface area contributed by atoms with E-state index in [0.29, 0.717) is 22.2 Å². The van der Waals surface area contributed by atoms with E-state index in [4.69, 9.17) is 9.47 Å². The first-order valence-corrected chi connectivity index (χ1v) is 10.5. The zero-order valence-electron chi connectivity index (χ0n) is 17.2. The predicted molar refractivity (Wildman–Crippen MR) is 117 cm³/mol. The molecule has 2 aromatic heterocycles. The lowest BCUT2D eigenvalue weighted by Crippen LogP contribution is -2.28. The summed E-state index contributed by atoms with van der Waals surface area (Å²) in [6.07, 6.45) is 7.58. The highest BCUT2D eigenvalue weighted by Gasteiger charge is 2.16. The third-order valence-electron chi connectivity index (χ3n) is 4.19.